The molecule has 0 fully saturated rings. The van der Waals surface area contributed by atoms with Crippen LogP contribution in [0.3, 0.4) is 0 Å². The summed E-state index contributed by atoms with van der Waals surface area (Å²) >= 11 is 26.1. The highest BCUT2D eigenvalue weighted by molar-refractivity contribution is 7.89. The first-order valence-corrected chi connectivity index (χ1v) is 48.3. The summed E-state index contributed by atoms with van der Waals surface area (Å²) in [4.78, 5) is 0. The van der Waals surface area contributed by atoms with Crippen molar-refractivity contribution in [1.82, 2.24) is 0 Å². The molecule has 12 bridgehead atoms. The Hall–Kier alpha value is -6.66. The van der Waals surface area contributed by atoms with Crippen molar-refractivity contribution >= 4 is 55.6 Å². The second-order valence-corrected chi connectivity index (χ2v) is 51.0. The Morgan fingerprint density at radius 1 is 0.158 bits per heavy atom. The van der Waals surface area contributed by atoms with Gasteiger partial charge in [0.25, 0.3) is 0 Å². The van der Waals surface area contributed by atoms with E-state index in [0.29, 0.717) is 96.7 Å². The Balaban J connectivity index is 1.09. The standard InChI is InChI=1S/C99H117Cl3O9P3/c1-91(2,3)73-37-55-28-59-41-75(93(7,8)9)45-63-32-67-49-79(97(19,20)21)51-69-35-71-53-81(99(25,26)27)54-72-36-70-52-80(98(22,23)24)50-68-33-64-46-76(94(10,11)12)42-60-29-56-38-74(92(4,5)6)40-58(83(56)104-113(101,106-85(60)64)110-89(68)70)31-62-44-78(96(16,17)18)48-66-34-65-47-77(95(13,14)15)43-61(86(65)107-114(102,108-87(62)66)111-90(71)72)30-57(39-73)82(55)103-112(100,105-84(59)63)109-88(67)69/h37-54H,28-36H2,1-27H3/q+3. The maximum absolute atomic E-state index is 9.05. The largest absolute Gasteiger partial charge is 0.660 e. The van der Waals surface area contributed by atoms with Gasteiger partial charge < -0.3 is 0 Å². The molecule has 9 nitrogen and oxygen atoms in total. The van der Waals surface area contributed by atoms with Crippen LogP contribution in [0.1, 0.15) is 337 Å². The van der Waals surface area contributed by atoms with E-state index in [9.17, 15) is 0 Å². The molecule has 0 unspecified atom stereocenters. The van der Waals surface area contributed by atoms with Crippen LogP contribution in [-0.4, -0.2) is 0 Å². The normalized spacial score (nSPS) is 19.7. The fraction of sp³-hybridized carbons (Fsp3) is 0.455. The fourth-order valence-electron chi connectivity index (χ4n) is 17.1. The van der Waals surface area contributed by atoms with Gasteiger partial charge in [-0.2, -0.15) is 0 Å². The minimum Gasteiger partial charge on any atom is -0.257 e. The van der Waals surface area contributed by atoms with Gasteiger partial charge in [-0.15, -0.1) is 0 Å². The molecular formula is C99H117Cl3O9P3+3. The van der Waals surface area contributed by atoms with Crippen LogP contribution < -0.4 is 40.7 Å². The molecule has 0 aliphatic carbocycles. The molecule has 600 valence electrons. The van der Waals surface area contributed by atoms with Crippen molar-refractivity contribution < 1.29 is 40.7 Å². The molecule has 0 saturated heterocycles. The van der Waals surface area contributed by atoms with Crippen LogP contribution in [0.15, 0.2) is 109 Å². The Morgan fingerprint density at radius 2 is 0.228 bits per heavy atom. The first kappa shape index (κ1) is 81.1. The van der Waals surface area contributed by atoms with E-state index in [0.717, 1.165) is 139 Å². The fourth-order valence-corrected chi connectivity index (χ4v) is 23.4. The molecule has 114 heavy (non-hydrogen) atoms. The molecule has 7 heterocycles. The molecule has 9 aromatic carbocycles. The van der Waals surface area contributed by atoms with Crippen molar-refractivity contribution in [1.29, 1.82) is 0 Å². The smallest absolute Gasteiger partial charge is 0.257 e. The van der Waals surface area contributed by atoms with Crippen LogP contribution in [0.4, 0.5) is 0 Å². The van der Waals surface area contributed by atoms with E-state index >= 15 is 0 Å². The minimum atomic E-state index is -4.40. The van der Waals surface area contributed by atoms with E-state index in [1.54, 1.807) is 0 Å². The van der Waals surface area contributed by atoms with E-state index < -0.39 is 27.3 Å². The van der Waals surface area contributed by atoms with Crippen LogP contribution >= 0.6 is 55.6 Å². The second kappa shape index (κ2) is 26.9. The minimum absolute atomic E-state index is 0.234. The number of halogens is 3. The molecule has 9 aromatic rings. The SMILES string of the molecule is CC(C)(C)c1cc2c3c(c1)Cc1cc(C(C)(C)C)cc4c1O[P+](Cl)(O3)Oc1c(cc(C(C)(C)C)cc1Cc1cc(C(C)(C)C)cc3c1O[P+]1(Cl)Oc5c(cc(C(C)(C)C)cc5Cc5cc(C(C)(C)C)cc6c5O[P+]5(Cl)Oc7c(cc(C(C)(C)C)cc7Cc7cc(C(C)(C)C)cc(c7O5)Cc5cc(C(C)(C)C)cc(c5O1)C4)C6)C3)C2. The summed E-state index contributed by atoms with van der Waals surface area (Å²) in [5.41, 5.74) is 24.2. The summed E-state index contributed by atoms with van der Waals surface area (Å²) in [6.45, 7) is 61.7. The first-order valence-electron chi connectivity index (χ1n) is 41.0. The zero-order valence-electron chi connectivity index (χ0n) is 72.4. The zero-order chi connectivity index (χ0) is 82.2. The summed E-state index contributed by atoms with van der Waals surface area (Å²) < 4.78 is 70.7. The highest BCUT2D eigenvalue weighted by Crippen LogP contribution is 2.74. The molecule has 0 radical (unpaired) electrons. The van der Waals surface area contributed by atoms with Crippen molar-refractivity contribution in [3.8, 4) is 51.7 Å². The van der Waals surface area contributed by atoms with Gasteiger partial charge in [0.1, 0.15) is 0 Å². The third kappa shape index (κ3) is 15.5. The maximum Gasteiger partial charge on any atom is 0.660 e. The van der Waals surface area contributed by atoms with E-state index in [1.807, 2.05) is 0 Å². The van der Waals surface area contributed by atoms with Gasteiger partial charge in [-0.05, 0) is 98.8 Å². The van der Waals surface area contributed by atoms with Crippen LogP contribution in [0.5, 0.6) is 51.7 Å². The van der Waals surface area contributed by atoms with Crippen LogP contribution in [0, 0.1) is 0 Å². The molecule has 0 amide bonds. The van der Waals surface area contributed by atoms with Gasteiger partial charge >= 0.3 is 21.9 Å². The number of rotatable bonds is 0. The summed E-state index contributed by atoms with van der Waals surface area (Å²) in [7, 11) is -12.5. The highest BCUT2D eigenvalue weighted by Gasteiger charge is 2.59. The Labute approximate surface area is 696 Å². The second-order valence-electron chi connectivity index (χ2n) is 43.1. The molecule has 0 atom stereocenters. The lowest BCUT2D eigenvalue weighted by Crippen LogP contribution is -2.23. The van der Waals surface area contributed by atoms with Crippen molar-refractivity contribution in [2.45, 2.75) is 293 Å². The molecule has 16 rings (SSSR count). The van der Waals surface area contributed by atoms with Crippen molar-refractivity contribution in [3.05, 3.63) is 259 Å². The Bertz CT molecular complexity index is 5210. The lowest BCUT2D eigenvalue weighted by molar-refractivity contribution is 0.359. The number of hydrogen-bond acceptors (Lipinski definition) is 9. The van der Waals surface area contributed by atoms with E-state index in [2.05, 4.69) is 296 Å². The van der Waals surface area contributed by atoms with E-state index in [1.165, 1.54) is 11.1 Å². The van der Waals surface area contributed by atoms with Gasteiger partial charge in [-0.3, -0.25) is 40.7 Å². The lowest BCUT2D eigenvalue weighted by Gasteiger charge is -2.33. The zero-order valence-corrected chi connectivity index (χ0v) is 77.4. The van der Waals surface area contributed by atoms with E-state index in [4.69, 9.17) is 74.4 Å². The predicted octanol–water partition coefficient (Wildman–Crippen LogP) is 29.2. The topological polar surface area (TPSA) is 83.1 Å². The Morgan fingerprint density at radius 3 is 0.289 bits per heavy atom. The van der Waals surface area contributed by atoms with Gasteiger partial charge in [0.15, 0.2) is 51.7 Å². The molecule has 0 saturated carbocycles. The summed E-state index contributed by atoms with van der Waals surface area (Å²) in [5.74, 6) is 5.50. The molecule has 0 aromatic heterocycles. The Kier molecular flexibility index (Phi) is 19.2. The summed E-state index contributed by atoms with van der Waals surface area (Å²) in [5, 5.41) is 0. The monoisotopic (exact) mass is 1650 g/mol. The van der Waals surface area contributed by atoms with Crippen LogP contribution in [-0.2, 0) is 107 Å². The third-order valence-corrected chi connectivity index (χ3v) is 29.7. The molecule has 0 spiro atoms. The van der Waals surface area contributed by atoms with Gasteiger partial charge in [0.05, 0.1) is 0 Å². The highest BCUT2D eigenvalue weighted by atomic mass is 35.7. The third-order valence-electron chi connectivity index (χ3n) is 24.2. The number of hydrogen-bond donors (Lipinski definition) is 0. The summed E-state index contributed by atoms with van der Waals surface area (Å²) in [6.07, 6.45) is 3.55. The van der Waals surface area contributed by atoms with Crippen LogP contribution in [0.25, 0.3) is 0 Å². The quantitative estimate of drug-likeness (QED) is 0.138. The van der Waals surface area contributed by atoms with Gasteiger partial charge in [0.2, 0.25) is 33.7 Å². The predicted molar refractivity (Wildman–Crippen MR) is 476 cm³/mol. The van der Waals surface area contributed by atoms with Crippen molar-refractivity contribution in [2.75, 3.05) is 0 Å². The molecule has 7 aliphatic heterocycles. The molecule has 0 N–H and O–H groups in total. The first-order chi connectivity index (χ1) is 52.5. The number of benzene rings is 9. The van der Waals surface area contributed by atoms with Crippen molar-refractivity contribution in [2.24, 2.45) is 0 Å². The average Bonchev–Trinajstić information content (AvgIpc) is 0.738. The van der Waals surface area contributed by atoms with Crippen molar-refractivity contribution in [3.63, 3.8) is 0 Å². The lowest BCUT2D eigenvalue weighted by atomic mass is 9.79. The van der Waals surface area contributed by atoms with Gasteiger partial charge in [-0.25, -0.2) is 0 Å². The maximum atomic E-state index is 9.05. The molecule has 15 heteroatoms. The average molecular weight is 1650 g/mol. The molecule has 7 aliphatic rings. The van der Waals surface area contributed by atoms with Crippen LogP contribution in [0.2, 0.25) is 0 Å². The van der Waals surface area contributed by atoms with Gasteiger partial charge in [0, 0.05) is 158 Å². The van der Waals surface area contributed by atoms with Gasteiger partial charge in [-0.1, -0.05) is 296 Å². The molecular weight excluding hydrogens is 1530 g/mol. The summed E-state index contributed by atoms with van der Waals surface area (Å²) in [6, 6.07) is 41.8. The van der Waals surface area contributed by atoms with E-state index in [-0.39, 0.29) is 56.2 Å².